The third-order valence-electron chi connectivity index (χ3n) is 1.80. The van der Waals surface area contributed by atoms with Crippen molar-refractivity contribution >= 4 is 17.7 Å². The first-order valence-electron chi connectivity index (χ1n) is 4.94. The fourth-order valence-corrected chi connectivity index (χ4v) is 1.89. The predicted molar refractivity (Wildman–Crippen MR) is 59.2 cm³/mol. The van der Waals surface area contributed by atoms with Crippen LogP contribution < -0.4 is 5.32 Å². The van der Waals surface area contributed by atoms with Gasteiger partial charge in [-0.05, 0) is 14.0 Å². The van der Waals surface area contributed by atoms with Gasteiger partial charge in [-0.25, -0.2) is 0 Å². The summed E-state index contributed by atoms with van der Waals surface area (Å²) in [7, 11) is 1.71. The lowest BCUT2D eigenvalue weighted by Gasteiger charge is -2.12. The smallest absolute Gasteiger partial charge is 0.323 e. The average molecular weight is 245 g/mol. The second-order valence-electron chi connectivity index (χ2n) is 2.99. The minimum absolute atomic E-state index is 0.270. The highest BCUT2D eigenvalue weighted by Gasteiger charge is 2.19. The number of carbonyl (C=O) groups excluding carboxylic acids is 1. The molecule has 16 heavy (non-hydrogen) atoms. The minimum atomic E-state index is -0.364. The molecule has 1 rings (SSSR count). The van der Waals surface area contributed by atoms with Crippen LogP contribution in [0.25, 0.3) is 0 Å². The maximum absolute atomic E-state index is 11.4. The van der Waals surface area contributed by atoms with E-state index in [1.807, 2.05) is 0 Å². The molecule has 0 aliphatic heterocycles. The van der Waals surface area contributed by atoms with Crippen LogP contribution in [0.1, 0.15) is 12.8 Å². The third-order valence-corrected chi connectivity index (χ3v) is 2.71. The number of hydrogen-bond acceptors (Lipinski definition) is 7. The quantitative estimate of drug-likeness (QED) is 0.581. The standard InChI is InChI=1S/C9H15N3O3S/c1-4-14-8(13)7(10-3)5-16-9-12-11-6(2)15-9/h7,10H,4-5H2,1-3H3. The van der Waals surface area contributed by atoms with Crippen LogP contribution in [-0.2, 0) is 9.53 Å². The van der Waals surface area contributed by atoms with Crippen molar-refractivity contribution in [2.45, 2.75) is 25.1 Å². The lowest BCUT2D eigenvalue weighted by molar-refractivity contribution is -0.144. The van der Waals surface area contributed by atoms with Gasteiger partial charge in [-0.15, -0.1) is 10.2 Å². The number of rotatable bonds is 6. The molecule has 0 radical (unpaired) electrons. The van der Waals surface area contributed by atoms with E-state index in [9.17, 15) is 4.79 Å². The monoisotopic (exact) mass is 245 g/mol. The molecular formula is C9H15N3O3S. The highest BCUT2D eigenvalue weighted by molar-refractivity contribution is 7.99. The van der Waals surface area contributed by atoms with Gasteiger partial charge in [-0.2, -0.15) is 0 Å². The largest absolute Gasteiger partial charge is 0.465 e. The van der Waals surface area contributed by atoms with Crippen LogP contribution in [0.15, 0.2) is 9.64 Å². The molecule has 0 aliphatic rings. The zero-order chi connectivity index (χ0) is 12.0. The van der Waals surface area contributed by atoms with E-state index in [0.717, 1.165) is 0 Å². The van der Waals surface area contributed by atoms with Crippen molar-refractivity contribution in [1.82, 2.24) is 15.5 Å². The van der Waals surface area contributed by atoms with Gasteiger partial charge in [0.25, 0.3) is 5.22 Å². The number of thioether (sulfide) groups is 1. The second kappa shape index (κ2) is 6.49. The summed E-state index contributed by atoms with van der Waals surface area (Å²) >= 11 is 1.32. The van der Waals surface area contributed by atoms with E-state index in [-0.39, 0.29) is 12.0 Å². The van der Waals surface area contributed by atoms with Crippen molar-refractivity contribution < 1.29 is 13.9 Å². The van der Waals surface area contributed by atoms with Crippen LogP contribution in [-0.4, -0.2) is 41.6 Å². The van der Waals surface area contributed by atoms with Crippen LogP contribution in [0.2, 0.25) is 0 Å². The number of esters is 1. The molecule has 90 valence electrons. The first-order valence-corrected chi connectivity index (χ1v) is 5.92. The molecule has 6 nitrogen and oxygen atoms in total. The summed E-state index contributed by atoms with van der Waals surface area (Å²) in [5.74, 6) is 0.741. The Morgan fingerprint density at radius 3 is 2.88 bits per heavy atom. The highest BCUT2D eigenvalue weighted by atomic mass is 32.2. The summed E-state index contributed by atoms with van der Waals surface area (Å²) in [5, 5.41) is 10.9. The van der Waals surface area contributed by atoms with Gasteiger partial charge in [0.1, 0.15) is 6.04 Å². The van der Waals surface area contributed by atoms with Crippen LogP contribution in [0.4, 0.5) is 0 Å². The van der Waals surface area contributed by atoms with Crippen molar-refractivity contribution in [3.05, 3.63) is 5.89 Å². The first-order chi connectivity index (χ1) is 7.67. The molecule has 0 amide bonds. The summed E-state index contributed by atoms with van der Waals surface area (Å²) in [6, 6.07) is -0.364. The van der Waals surface area contributed by atoms with E-state index in [1.165, 1.54) is 11.8 Å². The van der Waals surface area contributed by atoms with E-state index in [0.29, 0.717) is 23.5 Å². The molecule has 1 atom stereocenters. The molecule has 1 heterocycles. The van der Waals surface area contributed by atoms with Gasteiger partial charge in [-0.1, -0.05) is 11.8 Å². The fraction of sp³-hybridized carbons (Fsp3) is 0.667. The molecule has 1 aromatic rings. The van der Waals surface area contributed by atoms with Crippen molar-refractivity contribution in [3.8, 4) is 0 Å². The molecule has 7 heteroatoms. The Balaban J connectivity index is 2.42. The van der Waals surface area contributed by atoms with E-state index < -0.39 is 0 Å². The van der Waals surface area contributed by atoms with Crippen LogP contribution in [0, 0.1) is 6.92 Å². The number of aryl methyl sites for hydroxylation is 1. The lowest BCUT2D eigenvalue weighted by atomic mass is 10.3. The van der Waals surface area contributed by atoms with Crippen LogP contribution >= 0.6 is 11.8 Å². The number of nitrogens with one attached hydrogen (secondary N) is 1. The van der Waals surface area contributed by atoms with Gasteiger partial charge in [0.15, 0.2) is 0 Å². The number of ether oxygens (including phenoxy) is 1. The molecule has 1 N–H and O–H groups in total. The molecule has 0 saturated heterocycles. The Labute approximate surface area is 98.1 Å². The summed E-state index contributed by atoms with van der Waals surface area (Å²) < 4.78 is 10.1. The van der Waals surface area contributed by atoms with Crippen molar-refractivity contribution in [2.24, 2.45) is 0 Å². The van der Waals surface area contributed by atoms with Gasteiger partial charge in [0, 0.05) is 12.7 Å². The molecule has 0 fully saturated rings. The summed E-state index contributed by atoms with van der Waals surface area (Å²) in [4.78, 5) is 11.4. The number of carbonyl (C=O) groups is 1. The first kappa shape index (κ1) is 13.0. The third kappa shape index (κ3) is 3.82. The predicted octanol–water partition coefficient (Wildman–Crippen LogP) is 0.621. The fourth-order valence-electron chi connectivity index (χ4n) is 1.00. The molecule has 0 bridgehead atoms. The topological polar surface area (TPSA) is 77.2 Å². The van der Waals surface area contributed by atoms with E-state index in [1.54, 1.807) is 20.9 Å². The van der Waals surface area contributed by atoms with E-state index >= 15 is 0 Å². The van der Waals surface area contributed by atoms with Crippen molar-refractivity contribution in [1.29, 1.82) is 0 Å². The van der Waals surface area contributed by atoms with Gasteiger partial charge in [0.05, 0.1) is 6.61 Å². The zero-order valence-corrected chi connectivity index (χ0v) is 10.3. The number of aromatic nitrogens is 2. The molecule has 1 aromatic heterocycles. The number of hydrogen-bond donors (Lipinski definition) is 1. The van der Waals surface area contributed by atoms with E-state index in [2.05, 4.69) is 15.5 Å². The SMILES string of the molecule is CCOC(=O)C(CSc1nnc(C)o1)NC. The Morgan fingerprint density at radius 1 is 1.62 bits per heavy atom. The Hall–Kier alpha value is -1.08. The Kier molecular flexibility index (Phi) is 5.27. The van der Waals surface area contributed by atoms with Crippen molar-refractivity contribution in [3.63, 3.8) is 0 Å². The minimum Gasteiger partial charge on any atom is -0.465 e. The lowest BCUT2D eigenvalue weighted by Crippen LogP contribution is -2.37. The Morgan fingerprint density at radius 2 is 2.38 bits per heavy atom. The summed E-state index contributed by atoms with van der Waals surface area (Å²) in [6.07, 6.45) is 0. The van der Waals surface area contributed by atoms with Crippen LogP contribution in [0.5, 0.6) is 0 Å². The molecule has 1 unspecified atom stereocenters. The van der Waals surface area contributed by atoms with Gasteiger partial charge in [-0.3, -0.25) is 4.79 Å². The van der Waals surface area contributed by atoms with Crippen LogP contribution in [0.3, 0.4) is 0 Å². The molecule has 0 aliphatic carbocycles. The maximum Gasteiger partial charge on any atom is 0.323 e. The maximum atomic E-state index is 11.4. The van der Waals surface area contributed by atoms with Crippen molar-refractivity contribution in [2.75, 3.05) is 19.4 Å². The van der Waals surface area contributed by atoms with Gasteiger partial charge in [0.2, 0.25) is 5.89 Å². The molecule has 0 aromatic carbocycles. The number of nitrogens with zero attached hydrogens (tertiary/aromatic N) is 2. The Bertz CT molecular complexity index is 342. The number of likely N-dealkylation sites (N-methyl/N-ethyl adjacent to an activating group) is 1. The second-order valence-corrected chi connectivity index (χ2v) is 3.96. The zero-order valence-electron chi connectivity index (χ0n) is 9.52. The molecular weight excluding hydrogens is 230 g/mol. The normalized spacial score (nSPS) is 12.4. The average Bonchev–Trinajstić information content (AvgIpc) is 2.65. The highest BCUT2D eigenvalue weighted by Crippen LogP contribution is 2.16. The van der Waals surface area contributed by atoms with Gasteiger partial charge < -0.3 is 14.5 Å². The summed E-state index contributed by atoms with van der Waals surface area (Å²) in [5.41, 5.74) is 0. The summed E-state index contributed by atoms with van der Waals surface area (Å²) in [6.45, 7) is 3.87. The molecule has 0 saturated carbocycles. The van der Waals surface area contributed by atoms with Gasteiger partial charge >= 0.3 is 5.97 Å². The van der Waals surface area contributed by atoms with E-state index in [4.69, 9.17) is 9.15 Å². The molecule has 0 spiro atoms.